The van der Waals surface area contributed by atoms with E-state index in [0.29, 0.717) is 30.9 Å². The normalized spacial score (nSPS) is 15.8. The number of carboxylic acids is 2. The Morgan fingerprint density at radius 1 is 1.16 bits per heavy atom. The number of halogens is 3. The van der Waals surface area contributed by atoms with E-state index >= 15 is 0 Å². The summed E-state index contributed by atoms with van der Waals surface area (Å²) in [6.07, 6.45) is 1.79. The van der Waals surface area contributed by atoms with Gasteiger partial charge in [-0.3, -0.25) is 0 Å². The smallest absolute Gasteiger partial charge is 0.328 e. The zero-order valence-electron chi connectivity index (χ0n) is 16.2. The highest BCUT2D eigenvalue weighted by molar-refractivity contribution is 6.32. The number of aliphatic carboxylic acids is 2. The van der Waals surface area contributed by atoms with Crippen LogP contribution in [0.1, 0.15) is 5.56 Å². The maximum atomic E-state index is 13.5. The Hall–Kier alpha value is -3.01. The quantitative estimate of drug-likeness (QED) is 0.451. The Kier molecular flexibility index (Phi) is 9.39. The van der Waals surface area contributed by atoms with Gasteiger partial charge in [-0.25, -0.2) is 18.4 Å². The van der Waals surface area contributed by atoms with Crippen LogP contribution >= 0.6 is 11.6 Å². The third-order valence-electron chi connectivity index (χ3n) is 3.97. The van der Waals surface area contributed by atoms with Crippen LogP contribution in [0.2, 0.25) is 5.02 Å². The second-order valence-corrected chi connectivity index (χ2v) is 6.70. The summed E-state index contributed by atoms with van der Waals surface area (Å²) in [6, 6.07) is 9.11. The molecule has 3 N–H and O–H groups in total. The lowest BCUT2D eigenvalue weighted by molar-refractivity contribution is -0.134. The van der Waals surface area contributed by atoms with E-state index < -0.39 is 23.6 Å². The molecule has 31 heavy (non-hydrogen) atoms. The van der Waals surface area contributed by atoms with Gasteiger partial charge in [0.25, 0.3) is 0 Å². The maximum absolute atomic E-state index is 13.5. The molecular formula is C21H20ClF2NO6. The first-order chi connectivity index (χ1) is 14.8. The molecule has 1 heterocycles. The summed E-state index contributed by atoms with van der Waals surface area (Å²) in [4.78, 5) is 19.1. The molecule has 1 aliphatic rings. The molecule has 0 amide bonds. The summed E-state index contributed by atoms with van der Waals surface area (Å²) in [5, 5.41) is 18.6. The number of carbonyl (C=O) groups is 2. The van der Waals surface area contributed by atoms with Gasteiger partial charge in [0.15, 0.2) is 5.75 Å². The van der Waals surface area contributed by atoms with Crippen LogP contribution in [0.25, 0.3) is 0 Å². The van der Waals surface area contributed by atoms with Crippen LogP contribution in [0, 0.1) is 11.6 Å². The second-order valence-electron chi connectivity index (χ2n) is 6.32. The highest BCUT2D eigenvalue weighted by Crippen LogP contribution is 2.34. The number of hydrogen-bond donors (Lipinski definition) is 3. The molecule has 10 heteroatoms. The summed E-state index contributed by atoms with van der Waals surface area (Å²) >= 11 is 5.86. The van der Waals surface area contributed by atoms with Crippen molar-refractivity contribution in [2.75, 3.05) is 19.7 Å². The van der Waals surface area contributed by atoms with Gasteiger partial charge in [-0.2, -0.15) is 0 Å². The number of nitrogens with one attached hydrogen (secondary N) is 1. The van der Waals surface area contributed by atoms with E-state index in [4.69, 9.17) is 31.3 Å². The number of benzene rings is 2. The monoisotopic (exact) mass is 455 g/mol. The van der Waals surface area contributed by atoms with Crippen molar-refractivity contribution < 1.29 is 38.1 Å². The predicted octanol–water partition coefficient (Wildman–Crippen LogP) is 3.65. The number of hydrogen-bond acceptors (Lipinski definition) is 5. The molecule has 2 aromatic rings. The van der Waals surface area contributed by atoms with Crippen LogP contribution in [0.3, 0.4) is 0 Å². The second kappa shape index (κ2) is 12.0. The molecule has 1 aliphatic heterocycles. The molecule has 0 saturated carbocycles. The number of ether oxygens (including phenoxy) is 2. The van der Waals surface area contributed by atoms with E-state index in [1.807, 2.05) is 12.1 Å². The minimum atomic E-state index is -1.26. The Morgan fingerprint density at radius 2 is 1.84 bits per heavy atom. The summed E-state index contributed by atoms with van der Waals surface area (Å²) in [5.41, 5.74) is 0.891. The van der Waals surface area contributed by atoms with Crippen LogP contribution in [-0.4, -0.2) is 48.0 Å². The third kappa shape index (κ3) is 8.33. The largest absolute Gasteiger partial charge is 0.478 e. The van der Waals surface area contributed by atoms with Gasteiger partial charge < -0.3 is 25.0 Å². The van der Waals surface area contributed by atoms with Gasteiger partial charge in [-0.15, -0.1) is 0 Å². The first-order valence-corrected chi connectivity index (χ1v) is 9.50. The summed E-state index contributed by atoms with van der Waals surface area (Å²) in [5.74, 6) is -3.63. The van der Waals surface area contributed by atoms with Gasteiger partial charge in [0.1, 0.15) is 22.4 Å². The van der Waals surface area contributed by atoms with E-state index in [0.717, 1.165) is 30.8 Å². The van der Waals surface area contributed by atoms with E-state index in [-0.39, 0.29) is 16.9 Å². The van der Waals surface area contributed by atoms with Crippen molar-refractivity contribution in [1.29, 1.82) is 0 Å². The van der Waals surface area contributed by atoms with E-state index in [1.54, 1.807) is 12.1 Å². The molecule has 166 valence electrons. The molecule has 3 rings (SSSR count). The van der Waals surface area contributed by atoms with Crippen molar-refractivity contribution in [3.63, 3.8) is 0 Å². The fraction of sp³-hybridized carbons (Fsp3) is 0.238. The SMILES string of the molecule is Fc1cc(F)c(Cl)c(Oc2ccccc2C[C@H]2CNCCO2)c1.O=C(O)C=CC(=O)O. The molecule has 1 atom stereocenters. The van der Waals surface area contributed by atoms with Crippen molar-refractivity contribution >= 4 is 23.5 Å². The van der Waals surface area contributed by atoms with Crippen molar-refractivity contribution in [3.05, 3.63) is 70.8 Å². The topological polar surface area (TPSA) is 105 Å². The van der Waals surface area contributed by atoms with Crippen LogP contribution in [0.5, 0.6) is 11.5 Å². The Bertz CT molecular complexity index is 931. The minimum absolute atomic E-state index is 0.0354. The molecule has 1 saturated heterocycles. The molecule has 0 aliphatic carbocycles. The number of carboxylic acid groups (broad SMARTS) is 2. The Morgan fingerprint density at radius 3 is 2.45 bits per heavy atom. The summed E-state index contributed by atoms with van der Waals surface area (Å²) in [7, 11) is 0. The average molecular weight is 456 g/mol. The van der Waals surface area contributed by atoms with Gasteiger partial charge in [0.05, 0.1) is 12.7 Å². The third-order valence-corrected chi connectivity index (χ3v) is 4.34. The van der Waals surface area contributed by atoms with Crippen molar-refractivity contribution in [2.45, 2.75) is 12.5 Å². The Labute approximate surface area is 181 Å². The minimum Gasteiger partial charge on any atom is -0.478 e. The zero-order chi connectivity index (χ0) is 22.8. The first-order valence-electron chi connectivity index (χ1n) is 9.12. The lowest BCUT2D eigenvalue weighted by Crippen LogP contribution is -2.39. The maximum Gasteiger partial charge on any atom is 0.328 e. The molecule has 7 nitrogen and oxygen atoms in total. The van der Waals surface area contributed by atoms with Crippen LogP contribution in [0.15, 0.2) is 48.6 Å². The van der Waals surface area contributed by atoms with Gasteiger partial charge in [0, 0.05) is 43.8 Å². The van der Waals surface area contributed by atoms with Gasteiger partial charge >= 0.3 is 11.9 Å². The zero-order valence-corrected chi connectivity index (χ0v) is 16.9. The molecule has 2 aromatic carbocycles. The summed E-state index contributed by atoms with van der Waals surface area (Å²) in [6.45, 7) is 2.26. The van der Waals surface area contributed by atoms with Gasteiger partial charge in [-0.05, 0) is 11.6 Å². The average Bonchev–Trinajstić information content (AvgIpc) is 2.73. The van der Waals surface area contributed by atoms with Crippen molar-refractivity contribution in [3.8, 4) is 11.5 Å². The van der Waals surface area contributed by atoms with Crippen molar-refractivity contribution in [1.82, 2.24) is 5.32 Å². The fourth-order valence-electron chi connectivity index (χ4n) is 2.64. The molecule has 0 radical (unpaired) electrons. The molecule has 0 bridgehead atoms. The van der Waals surface area contributed by atoms with E-state index in [9.17, 15) is 18.4 Å². The lowest BCUT2D eigenvalue weighted by atomic mass is 10.1. The standard InChI is InChI=1S/C17H16ClF2NO2.C4H4O4/c18-17-14(20)8-12(19)9-16(17)23-15-4-2-1-3-11(15)7-13-10-21-5-6-22-13;5-3(6)1-2-4(7)8/h1-4,8-9,13,21H,5-7,10H2;1-2H,(H,5,6)(H,7,8)/t13-;/m0./s1. The van der Waals surface area contributed by atoms with E-state index in [2.05, 4.69) is 5.32 Å². The summed E-state index contributed by atoms with van der Waals surface area (Å²) < 4.78 is 38.3. The van der Waals surface area contributed by atoms with Crippen LogP contribution in [-0.2, 0) is 20.7 Å². The highest BCUT2D eigenvalue weighted by Gasteiger charge is 2.18. The molecule has 0 spiro atoms. The van der Waals surface area contributed by atoms with Gasteiger partial charge in [-0.1, -0.05) is 29.8 Å². The van der Waals surface area contributed by atoms with E-state index in [1.165, 1.54) is 0 Å². The van der Waals surface area contributed by atoms with Crippen LogP contribution in [0.4, 0.5) is 8.78 Å². The molecule has 0 unspecified atom stereocenters. The molecule has 0 aromatic heterocycles. The Balaban J connectivity index is 0.000000366. The number of para-hydroxylation sites is 1. The molecule has 1 fully saturated rings. The van der Waals surface area contributed by atoms with Gasteiger partial charge in [0.2, 0.25) is 0 Å². The lowest BCUT2D eigenvalue weighted by Gasteiger charge is -2.24. The van der Waals surface area contributed by atoms with Crippen LogP contribution < -0.4 is 10.1 Å². The predicted molar refractivity (Wildman–Crippen MR) is 109 cm³/mol. The molecular weight excluding hydrogens is 436 g/mol. The fourth-order valence-corrected chi connectivity index (χ4v) is 2.78. The number of morpholine rings is 1. The first kappa shape index (κ1) is 24.3. The highest BCUT2D eigenvalue weighted by atomic mass is 35.5. The number of rotatable bonds is 6. The van der Waals surface area contributed by atoms with Crippen molar-refractivity contribution in [2.24, 2.45) is 0 Å².